The first-order valence-electron chi connectivity index (χ1n) is 7.43. The molecule has 2 aromatic carbocycles. The zero-order valence-corrected chi connectivity index (χ0v) is 14.8. The molecule has 0 aromatic heterocycles. The summed E-state index contributed by atoms with van der Waals surface area (Å²) >= 11 is 7.61. The Bertz CT molecular complexity index is 777. The summed E-state index contributed by atoms with van der Waals surface area (Å²) in [6.45, 7) is 4.00. The lowest BCUT2D eigenvalue weighted by Crippen LogP contribution is -2.49. The molecule has 23 heavy (non-hydrogen) atoms. The van der Waals surface area contributed by atoms with Gasteiger partial charge in [0.2, 0.25) is 5.91 Å². The van der Waals surface area contributed by atoms with E-state index in [9.17, 15) is 9.90 Å². The predicted octanol–water partition coefficient (Wildman–Crippen LogP) is 4.67. The van der Waals surface area contributed by atoms with Gasteiger partial charge in [0.05, 0.1) is 5.69 Å². The van der Waals surface area contributed by atoms with E-state index < -0.39 is 4.75 Å². The van der Waals surface area contributed by atoms with E-state index in [1.54, 1.807) is 30.1 Å². The monoisotopic (exact) mass is 347 g/mol. The van der Waals surface area contributed by atoms with Gasteiger partial charge in [0.15, 0.2) is 0 Å². The molecular weight excluding hydrogens is 330 g/mol. The summed E-state index contributed by atoms with van der Waals surface area (Å²) in [4.78, 5) is 15.9. The molecule has 0 radical (unpaired) electrons. The van der Waals surface area contributed by atoms with Crippen LogP contribution in [0.2, 0.25) is 5.02 Å². The quantitative estimate of drug-likeness (QED) is 0.858. The maximum absolute atomic E-state index is 13.3. The molecule has 1 aliphatic rings. The number of carbonyl (C=O) groups is 1. The topological polar surface area (TPSA) is 40.5 Å². The Labute approximate surface area is 145 Å². The van der Waals surface area contributed by atoms with E-state index in [-0.39, 0.29) is 17.6 Å². The Morgan fingerprint density at radius 2 is 1.91 bits per heavy atom. The fourth-order valence-corrected chi connectivity index (χ4v) is 4.88. The molecule has 1 N–H and O–H groups in total. The van der Waals surface area contributed by atoms with Crippen molar-refractivity contribution < 1.29 is 9.90 Å². The first-order valence-corrected chi connectivity index (χ1v) is 8.62. The molecule has 120 valence electrons. The van der Waals surface area contributed by atoms with Crippen LogP contribution in [0.4, 0.5) is 5.69 Å². The minimum Gasteiger partial charge on any atom is -0.508 e. The Morgan fingerprint density at radius 1 is 1.22 bits per heavy atom. The molecule has 1 amide bonds. The van der Waals surface area contributed by atoms with Crippen LogP contribution < -0.4 is 4.90 Å². The Hall–Kier alpha value is -1.65. The van der Waals surface area contributed by atoms with Gasteiger partial charge < -0.3 is 10.0 Å². The van der Waals surface area contributed by atoms with Crippen LogP contribution in [0.5, 0.6) is 5.75 Å². The maximum atomic E-state index is 13.3. The summed E-state index contributed by atoms with van der Waals surface area (Å²) < 4.78 is -0.877. The van der Waals surface area contributed by atoms with E-state index in [2.05, 4.69) is 0 Å². The van der Waals surface area contributed by atoms with Crippen molar-refractivity contribution in [3.63, 3.8) is 0 Å². The molecule has 1 atom stereocenters. The van der Waals surface area contributed by atoms with Gasteiger partial charge in [0, 0.05) is 22.5 Å². The van der Waals surface area contributed by atoms with Gasteiger partial charge in [-0.25, -0.2) is 0 Å². The minimum absolute atomic E-state index is 0.0112. The van der Waals surface area contributed by atoms with Crippen LogP contribution in [0, 0.1) is 5.92 Å². The SMILES string of the molecule is CC(C)C1(c2ccccc2O)Sc2cc(Cl)ccc2N(C)C1=O. The summed E-state index contributed by atoms with van der Waals surface area (Å²) in [6.07, 6.45) is 0. The third-order valence-electron chi connectivity index (χ3n) is 4.29. The van der Waals surface area contributed by atoms with Crippen molar-refractivity contribution in [1.29, 1.82) is 0 Å². The van der Waals surface area contributed by atoms with Crippen LogP contribution in [-0.4, -0.2) is 18.1 Å². The molecule has 5 heteroatoms. The molecule has 0 saturated heterocycles. The molecule has 0 bridgehead atoms. The lowest BCUT2D eigenvalue weighted by atomic mass is 9.85. The van der Waals surface area contributed by atoms with Crippen molar-refractivity contribution in [1.82, 2.24) is 0 Å². The first kappa shape index (κ1) is 16.2. The van der Waals surface area contributed by atoms with Crippen LogP contribution in [0.15, 0.2) is 47.4 Å². The summed E-state index contributed by atoms with van der Waals surface area (Å²) in [5.74, 6) is 0.0950. The van der Waals surface area contributed by atoms with Gasteiger partial charge in [0.25, 0.3) is 0 Å². The lowest BCUT2D eigenvalue weighted by molar-refractivity contribution is -0.122. The second-order valence-corrected chi connectivity index (χ2v) is 7.71. The lowest BCUT2D eigenvalue weighted by Gasteiger charge is -2.43. The molecule has 1 unspecified atom stereocenters. The minimum atomic E-state index is -0.877. The maximum Gasteiger partial charge on any atom is 0.248 e. The number of carbonyl (C=O) groups excluding carboxylic acids is 1. The summed E-state index contributed by atoms with van der Waals surface area (Å²) in [5, 5.41) is 11.0. The molecule has 0 saturated carbocycles. The third kappa shape index (κ3) is 2.41. The molecule has 0 spiro atoms. The fraction of sp³-hybridized carbons (Fsp3) is 0.278. The van der Waals surface area contributed by atoms with Gasteiger partial charge in [-0.15, -0.1) is 11.8 Å². The average molecular weight is 348 g/mol. The number of anilines is 1. The van der Waals surface area contributed by atoms with Crippen molar-refractivity contribution in [3.8, 4) is 5.75 Å². The van der Waals surface area contributed by atoms with Gasteiger partial charge in [-0.2, -0.15) is 0 Å². The van der Waals surface area contributed by atoms with E-state index in [0.717, 1.165) is 10.6 Å². The summed E-state index contributed by atoms with van der Waals surface area (Å²) in [6, 6.07) is 12.6. The number of fused-ring (bicyclic) bond motifs is 1. The molecule has 0 aliphatic carbocycles. The highest BCUT2D eigenvalue weighted by molar-refractivity contribution is 8.01. The number of thioether (sulfide) groups is 1. The number of para-hydroxylation sites is 1. The predicted molar refractivity (Wildman–Crippen MR) is 95.3 cm³/mol. The zero-order valence-electron chi connectivity index (χ0n) is 13.2. The Kier molecular flexibility index (Phi) is 4.07. The van der Waals surface area contributed by atoms with E-state index in [1.165, 1.54) is 11.8 Å². The molecule has 1 heterocycles. The van der Waals surface area contributed by atoms with Gasteiger partial charge in [0.1, 0.15) is 10.5 Å². The largest absolute Gasteiger partial charge is 0.508 e. The van der Waals surface area contributed by atoms with Crippen molar-refractivity contribution in [2.75, 3.05) is 11.9 Å². The highest BCUT2D eigenvalue weighted by atomic mass is 35.5. The highest BCUT2D eigenvalue weighted by Gasteiger charge is 2.51. The van der Waals surface area contributed by atoms with Gasteiger partial charge in [-0.1, -0.05) is 43.6 Å². The average Bonchev–Trinajstić information content (AvgIpc) is 2.51. The number of likely N-dealkylation sites (N-methyl/N-ethyl adjacent to an activating group) is 1. The van der Waals surface area contributed by atoms with Gasteiger partial charge in [-0.3, -0.25) is 4.79 Å². The van der Waals surface area contributed by atoms with E-state index in [1.807, 2.05) is 38.1 Å². The fourth-order valence-electron chi connectivity index (χ4n) is 3.06. The van der Waals surface area contributed by atoms with Crippen LogP contribution in [0.25, 0.3) is 0 Å². The van der Waals surface area contributed by atoms with Crippen molar-refractivity contribution >= 4 is 35.0 Å². The molecule has 0 fully saturated rings. The molecular formula is C18H18ClNO2S. The zero-order chi connectivity index (χ0) is 16.8. The number of phenols is 1. The number of aromatic hydroxyl groups is 1. The normalized spacial score (nSPS) is 20.7. The molecule has 3 rings (SSSR count). The molecule has 2 aromatic rings. The standard InChI is InChI=1S/C18H18ClNO2S/c1-11(2)18(13-6-4-5-7-15(13)21)17(22)20(3)14-9-8-12(19)10-16(14)23-18/h4-11,21H,1-3H3. The smallest absolute Gasteiger partial charge is 0.248 e. The van der Waals surface area contributed by atoms with E-state index >= 15 is 0 Å². The van der Waals surface area contributed by atoms with Crippen molar-refractivity contribution in [3.05, 3.63) is 53.1 Å². The summed E-state index contributed by atoms with van der Waals surface area (Å²) in [7, 11) is 1.77. The number of hydrogen-bond acceptors (Lipinski definition) is 3. The first-order chi connectivity index (χ1) is 10.9. The summed E-state index contributed by atoms with van der Waals surface area (Å²) in [5.41, 5.74) is 1.48. The van der Waals surface area contributed by atoms with Crippen LogP contribution in [0.1, 0.15) is 19.4 Å². The van der Waals surface area contributed by atoms with Gasteiger partial charge >= 0.3 is 0 Å². The van der Waals surface area contributed by atoms with Crippen LogP contribution >= 0.6 is 23.4 Å². The number of benzene rings is 2. The highest BCUT2D eigenvalue weighted by Crippen LogP contribution is 2.56. The third-order valence-corrected chi connectivity index (χ3v) is 6.26. The second-order valence-electron chi connectivity index (χ2n) is 5.99. The number of phenolic OH excluding ortho intramolecular Hbond substituents is 1. The number of nitrogens with zero attached hydrogens (tertiary/aromatic N) is 1. The van der Waals surface area contributed by atoms with Crippen LogP contribution in [-0.2, 0) is 9.54 Å². The number of rotatable bonds is 2. The number of hydrogen-bond donors (Lipinski definition) is 1. The molecule has 3 nitrogen and oxygen atoms in total. The van der Waals surface area contributed by atoms with E-state index in [0.29, 0.717) is 10.6 Å². The van der Waals surface area contributed by atoms with Crippen molar-refractivity contribution in [2.45, 2.75) is 23.5 Å². The second kappa shape index (κ2) is 5.77. The molecule has 1 aliphatic heterocycles. The van der Waals surface area contributed by atoms with Crippen molar-refractivity contribution in [2.24, 2.45) is 5.92 Å². The van der Waals surface area contributed by atoms with Gasteiger partial charge in [-0.05, 0) is 30.2 Å². The van der Waals surface area contributed by atoms with E-state index in [4.69, 9.17) is 11.6 Å². The number of halogens is 1. The Morgan fingerprint density at radius 3 is 2.57 bits per heavy atom. The number of amides is 1. The van der Waals surface area contributed by atoms with Crippen LogP contribution in [0.3, 0.4) is 0 Å². The Balaban J connectivity index is 2.26.